The molecule has 2 atom stereocenters. The van der Waals surface area contributed by atoms with E-state index in [-0.39, 0.29) is 18.0 Å². The molecule has 128 valence electrons. The Balaban J connectivity index is 1.75. The highest BCUT2D eigenvalue weighted by Gasteiger charge is 2.31. The second kappa shape index (κ2) is 6.40. The smallest absolute Gasteiger partial charge is 0.241 e. The van der Waals surface area contributed by atoms with Crippen molar-refractivity contribution < 1.29 is 4.74 Å². The van der Waals surface area contributed by atoms with Gasteiger partial charge in [-0.25, -0.2) is 4.68 Å². The van der Waals surface area contributed by atoms with E-state index in [1.54, 1.807) is 7.11 Å². The molecule has 0 unspecified atom stereocenters. The van der Waals surface area contributed by atoms with Crippen LogP contribution in [0.3, 0.4) is 0 Å². The summed E-state index contributed by atoms with van der Waals surface area (Å²) < 4.78 is 8.29. The van der Waals surface area contributed by atoms with Gasteiger partial charge in [-0.2, -0.15) is 4.98 Å². The number of hydrogen-bond donors (Lipinski definition) is 2. The first-order valence-corrected chi connectivity index (χ1v) is 8.81. The first-order valence-electron chi connectivity index (χ1n) is 8.02. The number of benzene rings is 2. The van der Waals surface area contributed by atoms with Crippen molar-refractivity contribution in [3.63, 3.8) is 0 Å². The number of hydrogen-bond acceptors (Lipinski definition) is 5. The first-order chi connectivity index (χ1) is 12.1. The van der Waals surface area contributed by atoms with Gasteiger partial charge in [-0.1, -0.05) is 40.2 Å². The van der Waals surface area contributed by atoms with Crippen LogP contribution in [0.15, 0.2) is 53.0 Å². The molecule has 3 N–H and O–H groups in total. The summed E-state index contributed by atoms with van der Waals surface area (Å²) in [5, 5.41) is 7.82. The third-order valence-corrected chi connectivity index (χ3v) is 4.98. The lowest BCUT2D eigenvalue weighted by molar-refractivity contribution is 0.407. The van der Waals surface area contributed by atoms with E-state index in [4.69, 9.17) is 10.5 Å². The number of aromatic nitrogens is 3. The molecule has 2 aromatic carbocycles. The van der Waals surface area contributed by atoms with E-state index in [1.165, 1.54) is 5.56 Å². The zero-order valence-electron chi connectivity index (χ0n) is 13.7. The van der Waals surface area contributed by atoms with Gasteiger partial charge in [0.15, 0.2) is 0 Å². The molecule has 1 aliphatic rings. The normalized spacial score (nSPS) is 19.1. The Labute approximate surface area is 154 Å². The third kappa shape index (κ3) is 3.07. The molecular formula is C18H18BrN5O. The van der Waals surface area contributed by atoms with Crippen LogP contribution in [0, 0.1) is 0 Å². The second-order valence-corrected chi connectivity index (χ2v) is 6.93. The summed E-state index contributed by atoms with van der Waals surface area (Å²) in [4.78, 5) is 4.34. The molecule has 1 aromatic heterocycles. The molecule has 2 heterocycles. The van der Waals surface area contributed by atoms with Crippen LogP contribution >= 0.6 is 15.9 Å². The van der Waals surface area contributed by atoms with Gasteiger partial charge >= 0.3 is 0 Å². The second-order valence-electron chi connectivity index (χ2n) is 6.01. The van der Waals surface area contributed by atoms with Gasteiger partial charge < -0.3 is 15.8 Å². The highest BCUT2D eigenvalue weighted by Crippen LogP contribution is 2.38. The molecule has 3 aromatic rings. The maximum Gasteiger partial charge on any atom is 0.241 e. The van der Waals surface area contributed by atoms with Gasteiger partial charge in [-0.3, -0.25) is 0 Å². The van der Waals surface area contributed by atoms with E-state index in [0.717, 1.165) is 22.2 Å². The Morgan fingerprint density at radius 1 is 1.20 bits per heavy atom. The summed E-state index contributed by atoms with van der Waals surface area (Å²) >= 11 is 3.49. The van der Waals surface area contributed by atoms with Crippen molar-refractivity contribution in [3.05, 3.63) is 64.1 Å². The van der Waals surface area contributed by atoms with Gasteiger partial charge in [0, 0.05) is 4.47 Å². The Morgan fingerprint density at radius 3 is 2.76 bits per heavy atom. The van der Waals surface area contributed by atoms with Gasteiger partial charge in [-0.05, 0) is 41.8 Å². The van der Waals surface area contributed by atoms with Gasteiger partial charge in [-0.15, -0.1) is 5.10 Å². The minimum atomic E-state index is 0.0322. The lowest BCUT2D eigenvalue weighted by Gasteiger charge is -2.31. The lowest BCUT2D eigenvalue weighted by Crippen LogP contribution is -2.28. The van der Waals surface area contributed by atoms with Crippen LogP contribution in [-0.2, 0) is 0 Å². The van der Waals surface area contributed by atoms with Crippen LogP contribution in [0.25, 0.3) is 0 Å². The predicted octanol–water partition coefficient (Wildman–Crippen LogP) is 3.78. The Kier molecular flexibility index (Phi) is 4.09. The highest BCUT2D eigenvalue weighted by atomic mass is 79.9. The molecule has 4 rings (SSSR count). The molecule has 0 amide bonds. The van der Waals surface area contributed by atoms with Crippen molar-refractivity contribution in [1.29, 1.82) is 0 Å². The van der Waals surface area contributed by atoms with Gasteiger partial charge in [0.25, 0.3) is 0 Å². The number of halogens is 1. The van der Waals surface area contributed by atoms with Crippen molar-refractivity contribution in [2.45, 2.75) is 18.5 Å². The number of fused-ring (bicyclic) bond motifs is 1. The quantitative estimate of drug-likeness (QED) is 0.700. The molecule has 0 bridgehead atoms. The number of rotatable bonds is 3. The maximum absolute atomic E-state index is 5.84. The molecular weight excluding hydrogens is 382 g/mol. The molecule has 0 fully saturated rings. The van der Waals surface area contributed by atoms with Crippen LogP contribution in [0.2, 0.25) is 0 Å². The van der Waals surface area contributed by atoms with E-state index >= 15 is 0 Å². The molecule has 6 nitrogen and oxygen atoms in total. The summed E-state index contributed by atoms with van der Waals surface area (Å²) in [5.74, 6) is 1.78. The average Bonchev–Trinajstić information content (AvgIpc) is 3.01. The highest BCUT2D eigenvalue weighted by molar-refractivity contribution is 9.10. The van der Waals surface area contributed by atoms with Gasteiger partial charge in [0.05, 0.1) is 19.2 Å². The minimum Gasteiger partial charge on any atom is -0.497 e. The van der Waals surface area contributed by atoms with Gasteiger partial charge in [0.1, 0.15) is 5.75 Å². The van der Waals surface area contributed by atoms with E-state index in [9.17, 15) is 0 Å². The van der Waals surface area contributed by atoms with E-state index in [0.29, 0.717) is 5.95 Å². The molecule has 25 heavy (non-hydrogen) atoms. The summed E-state index contributed by atoms with van der Waals surface area (Å²) in [7, 11) is 1.67. The number of methoxy groups -OCH3 is 1. The molecule has 7 heteroatoms. The molecule has 0 radical (unpaired) electrons. The standard InChI is InChI=1S/C18H18BrN5O/c1-25-14-4-2-3-12(9-14)16-10-15(11-5-7-13(19)8-6-11)21-18-22-17(20)23-24(16)18/h2-9,15-16H,10H2,1H3,(H3,20,21,22,23)/t15-,16-/m1/s1. The molecule has 1 aliphatic heterocycles. The van der Waals surface area contributed by atoms with Crippen LogP contribution in [0.1, 0.15) is 29.6 Å². The topological polar surface area (TPSA) is 78.0 Å². The minimum absolute atomic E-state index is 0.0322. The Bertz CT molecular complexity index is 893. The Hall–Kier alpha value is -2.54. The average molecular weight is 400 g/mol. The summed E-state index contributed by atoms with van der Waals surface area (Å²) in [6.45, 7) is 0. The number of anilines is 2. The summed E-state index contributed by atoms with van der Waals surface area (Å²) in [6, 6.07) is 16.5. The van der Waals surface area contributed by atoms with Crippen molar-refractivity contribution in [3.8, 4) is 5.75 Å². The zero-order valence-corrected chi connectivity index (χ0v) is 15.3. The van der Waals surface area contributed by atoms with Crippen LogP contribution in [0.4, 0.5) is 11.9 Å². The monoisotopic (exact) mass is 399 g/mol. The van der Waals surface area contributed by atoms with E-state index in [2.05, 4.69) is 49.5 Å². The number of nitrogen functional groups attached to an aromatic ring is 1. The van der Waals surface area contributed by atoms with Crippen molar-refractivity contribution in [2.75, 3.05) is 18.2 Å². The van der Waals surface area contributed by atoms with Crippen LogP contribution in [-0.4, -0.2) is 21.9 Å². The molecule has 0 saturated carbocycles. The fourth-order valence-electron chi connectivity index (χ4n) is 3.23. The van der Waals surface area contributed by atoms with E-state index in [1.807, 2.05) is 35.0 Å². The fourth-order valence-corrected chi connectivity index (χ4v) is 3.50. The van der Waals surface area contributed by atoms with Crippen molar-refractivity contribution in [1.82, 2.24) is 14.8 Å². The molecule has 0 saturated heterocycles. The van der Waals surface area contributed by atoms with Crippen LogP contribution in [0.5, 0.6) is 5.75 Å². The maximum atomic E-state index is 5.84. The number of nitrogens with two attached hydrogens (primary N) is 1. The molecule has 0 aliphatic carbocycles. The fraction of sp³-hybridized carbons (Fsp3) is 0.222. The summed E-state index contributed by atoms with van der Waals surface area (Å²) in [5.41, 5.74) is 8.16. The SMILES string of the molecule is COc1cccc([C@H]2C[C@H](c3ccc(Br)cc3)Nc3nc(N)nn32)c1. The lowest BCUT2D eigenvalue weighted by atomic mass is 9.93. The first kappa shape index (κ1) is 16.0. The van der Waals surface area contributed by atoms with E-state index < -0.39 is 0 Å². The largest absolute Gasteiger partial charge is 0.497 e. The number of ether oxygens (including phenoxy) is 1. The molecule has 0 spiro atoms. The summed E-state index contributed by atoms with van der Waals surface area (Å²) in [6.07, 6.45) is 0.838. The Morgan fingerprint density at radius 2 is 2.00 bits per heavy atom. The number of nitrogens with one attached hydrogen (secondary N) is 1. The van der Waals surface area contributed by atoms with Gasteiger partial charge in [0.2, 0.25) is 11.9 Å². The predicted molar refractivity (Wildman–Crippen MR) is 101 cm³/mol. The third-order valence-electron chi connectivity index (χ3n) is 4.46. The van der Waals surface area contributed by atoms with Crippen LogP contribution < -0.4 is 15.8 Å². The van der Waals surface area contributed by atoms with Crippen molar-refractivity contribution >= 4 is 27.8 Å². The van der Waals surface area contributed by atoms with Crippen molar-refractivity contribution in [2.24, 2.45) is 0 Å². The number of nitrogens with zero attached hydrogens (tertiary/aromatic N) is 3. The zero-order chi connectivity index (χ0) is 17.4.